The standard InChI is InChI=1S/C25H27N7O/c1-3-25(33)10-8-16-5-7-21(29-22(16)25)30-23-19(13-26)14-27-24(31-23)28-20-6-4-18-15-32(2)11-9-17(18)12-20/h4-7,12,14,33H,3,8-11,15H2,1-2H3,(H2,27,28,29,30,31). The van der Waals surface area contributed by atoms with Crippen molar-refractivity contribution in [1.29, 1.82) is 5.26 Å². The van der Waals surface area contributed by atoms with Crippen molar-refractivity contribution in [2.75, 3.05) is 24.2 Å². The number of aromatic nitrogens is 3. The predicted octanol–water partition coefficient (Wildman–Crippen LogP) is 3.76. The van der Waals surface area contributed by atoms with Gasteiger partial charge in [-0.25, -0.2) is 9.97 Å². The molecule has 0 spiro atoms. The number of rotatable bonds is 5. The maximum absolute atomic E-state index is 10.9. The lowest BCUT2D eigenvalue weighted by molar-refractivity contribution is 0.0307. The predicted molar refractivity (Wildman–Crippen MR) is 127 cm³/mol. The molecule has 3 N–H and O–H groups in total. The van der Waals surface area contributed by atoms with Crippen LogP contribution in [0, 0.1) is 11.3 Å². The SMILES string of the molecule is CCC1(O)CCc2ccc(Nc3nc(Nc4ccc5c(c4)CCN(C)C5)ncc3C#N)nc21. The average Bonchev–Trinajstić information content (AvgIpc) is 3.16. The third-order valence-electron chi connectivity index (χ3n) is 6.63. The van der Waals surface area contributed by atoms with E-state index in [-0.39, 0.29) is 0 Å². The van der Waals surface area contributed by atoms with Crippen molar-refractivity contribution < 1.29 is 5.11 Å². The van der Waals surface area contributed by atoms with Crippen molar-refractivity contribution in [1.82, 2.24) is 19.9 Å². The van der Waals surface area contributed by atoms with Crippen LogP contribution >= 0.6 is 0 Å². The first-order valence-electron chi connectivity index (χ1n) is 11.3. The molecular weight excluding hydrogens is 414 g/mol. The number of pyridine rings is 1. The van der Waals surface area contributed by atoms with Crippen LogP contribution in [0.25, 0.3) is 0 Å². The highest BCUT2D eigenvalue weighted by Gasteiger charge is 2.36. The van der Waals surface area contributed by atoms with Gasteiger partial charge in [0.25, 0.3) is 0 Å². The molecule has 1 aliphatic carbocycles. The molecule has 0 bridgehead atoms. The van der Waals surface area contributed by atoms with E-state index >= 15 is 0 Å². The lowest BCUT2D eigenvalue weighted by Gasteiger charge is -2.25. The molecule has 2 aromatic heterocycles. The molecule has 0 saturated heterocycles. The number of hydrogen-bond donors (Lipinski definition) is 3. The molecule has 1 atom stereocenters. The van der Waals surface area contributed by atoms with Gasteiger partial charge in [0.15, 0.2) is 5.82 Å². The van der Waals surface area contributed by atoms with E-state index in [2.05, 4.69) is 55.7 Å². The summed E-state index contributed by atoms with van der Waals surface area (Å²) in [6.45, 7) is 3.96. The van der Waals surface area contributed by atoms with Crippen molar-refractivity contribution in [2.45, 2.75) is 44.8 Å². The first kappa shape index (κ1) is 21.3. The third kappa shape index (κ3) is 4.13. The fraction of sp³-hybridized carbons (Fsp3) is 0.360. The first-order valence-corrected chi connectivity index (χ1v) is 11.3. The quantitative estimate of drug-likeness (QED) is 0.549. The van der Waals surface area contributed by atoms with E-state index in [0.717, 1.165) is 37.2 Å². The summed E-state index contributed by atoms with van der Waals surface area (Å²) < 4.78 is 0. The normalized spacial score (nSPS) is 19.5. The van der Waals surface area contributed by atoms with Crippen molar-refractivity contribution in [2.24, 2.45) is 0 Å². The van der Waals surface area contributed by atoms with Crippen molar-refractivity contribution in [3.05, 3.63) is 64.5 Å². The van der Waals surface area contributed by atoms with E-state index in [1.54, 1.807) is 0 Å². The number of aryl methyl sites for hydroxylation is 1. The zero-order chi connectivity index (χ0) is 23.0. The molecule has 3 aromatic rings. The summed E-state index contributed by atoms with van der Waals surface area (Å²) >= 11 is 0. The Bertz CT molecular complexity index is 1250. The Balaban J connectivity index is 1.40. The number of nitrogens with one attached hydrogen (secondary N) is 2. The van der Waals surface area contributed by atoms with Crippen LogP contribution in [0.2, 0.25) is 0 Å². The number of hydrogen-bond acceptors (Lipinski definition) is 8. The minimum Gasteiger partial charge on any atom is -0.384 e. The van der Waals surface area contributed by atoms with Gasteiger partial charge >= 0.3 is 0 Å². The van der Waals surface area contributed by atoms with E-state index in [1.807, 2.05) is 25.1 Å². The summed E-state index contributed by atoms with van der Waals surface area (Å²) in [6, 6.07) is 12.3. The van der Waals surface area contributed by atoms with Crippen LogP contribution in [0.3, 0.4) is 0 Å². The summed E-state index contributed by atoms with van der Waals surface area (Å²) in [5.41, 5.74) is 4.78. The van der Waals surface area contributed by atoms with Gasteiger partial charge in [0.05, 0.1) is 11.9 Å². The summed E-state index contributed by atoms with van der Waals surface area (Å²) in [5.74, 6) is 1.32. The molecule has 33 heavy (non-hydrogen) atoms. The van der Waals surface area contributed by atoms with Gasteiger partial charge in [-0.3, -0.25) is 0 Å². The van der Waals surface area contributed by atoms with Crippen LogP contribution in [0.5, 0.6) is 0 Å². The number of nitriles is 1. The fourth-order valence-corrected chi connectivity index (χ4v) is 4.61. The van der Waals surface area contributed by atoms with E-state index < -0.39 is 5.60 Å². The molecule has 8 nitrogen and oxygen atoms in total. The Morgan fingerprint density at radius 1 is 1.12 bits per heavy atom. The van der Waals surface area contributed by atoms with Gasteiger partial charge in [0.1, 0.15) is 23.1 Å². The molecule has 168 valence electrons. The minimum absolute atomic E-state index is 0.321. The summed E-state index contributed by atoms with van der Waals surface area (Å²) in [7, 11) is 2.13. The second kappa shape index (κ2) is 8.43. The molecular formula is C25H27N7O. The first-order chi connectivity index (χ1) is 16.0. The van der Waals surface area contributed by atoms with Gasteiger partial charge < -0.3 is 20.6 Å². The van der Waals surface area contributed by atoms with Crippen LogP contribution in [-0.2, 0) is 25.0 Å². The summed E-state index contributed by atoms with van der Waals surface area (Å²) in [4.78, 5) is 15.8. The second-order valence-corrected chi connectivity index (χ2v) is 8.88. The van der Waals surface area contributed by atoms with Crippen LogP contribution < -0.4 is 10.6 Å². The molecule has 5 rings (SSSR count). The Labute approximate surface area is 193 Å². The molecule has 1 unspecified atom stereocenters. The van der Waals surface area contributed by atoms with Gasteiger partial charge in [-0.05, 0) is 67.6 Å². The Morgan fingerprint density at radius 3 is 2.79 bits per heavy atom. The molecule has 1 aliphatic heterocycles. The largest absolute Gasteiger partial charge is 0.384 e. The van der Waals surface area contributed by atoms with Crippen LogP contribution in [0.1, 0.15) is 47.7 Å². The zero-order valence-corrected chi connectivity index (χ0v) is 18.9. The molecule has 1 aromatic carbocycles. The van der Waals surface area contributed by atoms with Gasteiger partial charge in [0, 0.05) is 18.8 Å². The van der Waals surface area contributed by atoms with Crippen LogP contribution in [-0.4, -0.2) is 38.6 Å². The Hall–Kier alpha value is -3.54. The van der Waals surface area contributed by atoms with Crippen molar-refractivity contribution in [3.63, 3.8) is 0 Å². The number of likely N-dealkylation sites (N-methyl/N-ethyl adjacent to an activating group) is 1. The van der Waals surface area contributed by atoms with Crippen LogP contribution in [0.15, 0.2) is 36.5 Å². The highest BCUT2D eigenvalue weighted by atomic mass is 16.3. The lowest BCUT2D eigenvalue weighted by atomic mass is 9.98. The monoisotopic (exact) mass is 441 g/mol. The van der Waals surface area contributed by atoms with Crippen molar-refractivity contribution >= 4 is 23.3 Å². The highest BCUT2D eigenvalue weighted by Crippen LogP contribution is 2.38. The molecule has 0 saturated carbocycles. The number of nitrogens with zero attached hydrogens (tertiary/aromatic N) is 5. The number of benzene rings is 1. The number of fused-ring (bicyclic) bond motifs is 2. The molecule has 0 radical (unpaired) electrons. The average molecular weight is 442 g/mol. The number of anilines is 4. The molecule has 0 amide bonds. The van der Waals surface area contributed by atoms with Gasteiger partial charge in [-0.2, -0.15) is 10.2 Å². The fourth-order valence-electron chi connectivity index (χ4n) is 4.61. The third-order valence-corrected chi connectivity index (χ3v) is 6.63. The van der Waals surface area contributed by atoms with Gasteiger partial charge in [0.2, 0.25) is 5.95 Å². The highest BCUT2D eigenvalue weighted by molar-refractivity contribution is 5.64. The minimum atomic E-state index is -0.898. The van der Waals surface area contributed by atoms with Crippen molar-refractivity contribution in [3.8, 4) is 6.07 Å². The van der Waals surface area contributed by atoms with E-state index in [4.69, 9.17) is 0 Å². The Kier molecular flexibility index (Phi) is 5.44. The smallest absolute Gasteiger partial charge is 0.229 e. The van der Waals surface area contributed by atoms with E-state index in [1.165, 1.54) is 17.3 Å². The Morgan fingerprint density at radius 2 is 1.97 bits per heavy atom. The van der Waals surface area contributed by atoms with Crippen LogP contribution in [0.4, 0.5) is 23.3 Å². The molecule has 2 aliphatic rings. The zero-order valence-electron chi connectivity index (χ0n) is 18.9. The maximum Gasteiger partial charge on any atom is 0.229 e. The summed E-state index contributed by atoms with van der Waals surface area (Å²) in [6.07, 6.45) is 4.61. The maximum atomic E-state index is 10.9. The van der Waals surface area contributed by atoms with Gasteiger partial charge in [-0.1, -0.05) is 19.1 Å². The second-order valence-electron chi connectivity index (χ2n) is 8.88. The molecule has 3 heterocycles. The molecule has 8 heteroatoms. The lowest BCUT2D eigenvalue weighted by Crippen LogP contribution is -2.26. The molecule has 0 fully saturated rings. The summed E-state index contributed by atoms with van der Waals surface area (Å²) in [5, 5.41) is 26.8. The van der Waals surface area contributed by atoms with Gasteiger partial charge in [-0.15, -0.1) is 0 Å². The topological polar surface area (TPSA) is 110 Å². The van der Waals surface area contributed by atoms with E-state index in [9.17, 15) is 10.4 Å². The van der Waals surface area contributed by atoms with E-state index in [0.29, 0.717) is 41.7 Å². The number of aliphatic hydroxyl groups is 1.